The minimum atomic E-state index is -0.624. The number of rotatable bonds is 8. The molecule has 0 unspecified atom stereocenters. The number of esters is 1. The van der Waals surface area contributed by atoms with Crippen LogP contribution in [0.25, 0.3) is 0 Å². The van der Waals surface area contributed by atoms with E-state index in [9.17, 15) is 14.4 Å². The number of nitrogens with zero attached hydrogens (tertiary/aromatic N) is 1. The average molecular weight is 440 g/mol. The highest BCUT2D eigenvalue weighted by molar-refractivity contribution is 5.98. The monoisotopic (exact) mass is 439 g/mol. The second kappa shape index (κ2) is 9.89. The molecule has 0 aromatic heterocycles. The van der Waals surface area contributed by atoms with Crippen LogP contribution >= 0.6 is 0 Å². The zero-order valence-electron chi connectivity index (χ0n) is 18.3. The molecule has 1 atom stereocenters. The number of urea groups is 1. The zero-order valence-corrected chi connectivity index (χ0v) is 18.3. The van der Waals surface area contributed by atoms with Gasteiger partial charge in [0.05, 0.1) is 23.9 Å². The SMILES string of the molecule is CCOc1ccc([C@H]2NC(=O)N(CC(=O)NCCC3=CCCCC3)C3=C2C(=O)OC3)cc1. The highest BCUT2D eigenvalue weighted by Gasteiger charge is 2.42. The summed E-state index contributed by atoms with van der Waals surface area (Å²) < 4.78 is 10.7. The summed E-state index contributed by atoms with van der Waals surface area (Å²) in [6, 6.07) is 6.18. The Kier molecular flexibility index (Phi) is 6.78. The Morgan fingerprint density at radius 2 is 2.06 bits per heavy atom. The van der Waals surface area contributed by atoms with Crippen LogP contribution in [0.5, 0.6) is 5.75 Å². The van der Waals surface area contributed by atoms with Crippen molar-refractivity contribution in [2.24, 2.45) is 0 Å². The summed E-state index contributed by atoms with van der Waals surface area (Å²) in [5, 5.41) is 5.73. The van der Waals surface area contributed by atoms with Crippen molar-refractivity contribution < 1.29 is 23.9 Å². The van der Waals surface area contributed by atoms with Crippen molar-refractivity contribution in [3.05, 3.63) is 52.7 Å². The summed E-state index contributed by atoms with van der Waals surface area (Å²) in [4.78, 5) is 39.1. The molecule has 32 heavy (non-hydrogen) atoms. The summed E-state index contributed by atoms with van der Waals surface area (Å²) in [5.74, 6) is -0.0281. The van der Waals surface area contributed by atoms with Gasteiger partial charge >= 0.3 is 12.0 Å². The Bertz CT molecular complexity index is 951. The first-order valence-electron chi connectivity index (χ1n) is 11.2. The van der Waals surface area contributed by atoms with Crippen LogP contribution in [-0.2, 0) is 14.3 Å². The Labute approximate surface area is 187 Å². The van der Waals surface area contributed by atoms with E-state index in [0.29, 0.717) is 30.2 Å². The molecule has 0 spiro atoms. The molecule has 3 amide bonds. The highest BCUT2D eigenvalue weighted by atomic mass is 16.5. The van der Waals surface area contributed by atoms with E-state index in [0.717, 1.165) is 24.8 Å². The minimum Gasteiger partial charge on any atom is -0.494 e. The van der Waals surface area contributed by atoms with E-state index >= 15 is 0 Å². The first-order valence-corrected chi connectivity index (χ1v) is 11.2. The van der Waals surface area contributed by atoms with E-state index in [-0.39, 0.29) is 19.1 Å². The van der Waals surface area contributed by atoms with Gasteiger partial charge in [-0.2, -0.15) is 0 Å². The van der Waals surface area contributed by atoms with Crippen LogP contribution in [0.1, 0.15) is 50.6 Å². The van der Waals surface area contributed by atoms with Crippen molar-refractivity contribution in [3.8, 4) is 5.75 Å². The summed E-state index contributed by atoms with van der Waals surface area (Å²) in [7, 11) is 0. The maximum atomic E-state index is 12.9. The third-order valence-electron chi connectivity index (χ3n) is 5.98. The van der Waals surface area contributed by atoms with Gasteiger partial charge in [-0.3, -0.25) is 9.69 Å². The van der Waals surface area contributed by atoms with Crippen molar-refractivity contribution in [3.63, 3.8) is 0 Å². The molecule has 0 fully saturated rings. The van der Waals surface area contributed by atoms with E-state index in [1.807, 2.05) is 19.1 Å². The van der Waals surface area contributed by atoms with Crippen LogP contribution in [0.4, 0.5) is 4.79 Å². The van der Waals surface area contributed by atoms with E-state index < -0.39 is 18.0 Å². The third kappa shape index (κ3) is 4.79. The number of carbonyl (C=O) groups is 3. The maximum Gasteiger partial charge on any atom is 0.338 e. The van der Waals surface area contributed by atoms with Crippen LogP contribution in [-0.4, -0.2) is 49.1 Å². The minimum absolute atomic E-state index is 0.0186. The molecule has 2 aliphatic heterocycles. The lowest BCUT2D eigenvalue weighted by Gasteiger charge is -2.32. The molecule has 0 bridgehead atoms. The standard InChI is InChI=1S/C24H29N3O5/c1-2-31-18-10-8-17(9-11-18)22-21-19(15-32-23(21)29)27(24(30)26-22)14-20(28)25-13-12-16-6-4-3-5-7-16/h6,8-11,22H,2-5,7,12-15H2,1H3,(H,25,28)(H,26,30)/t22-/m1/s1. The molecule has 1 aromatic rings. The van der Waals surface area contributed by atoms with Gasteiger partial charge < -0.3 is 20.1 Å². The number of hydrogen-bond acceptors (Lipinski definition) is 5. The number of ether oxygens (including phenoxy) is 2. The largest absolute Gasteiger partial charge is 0.494 e. The molecule has 0 saturated carbocycles. The fourth-order valence-electron chi connectivity index (χ4n) is 4.35. The number of benzene rings is 1. The molecule has 0 saturated heterocycles. The predicted octanol–water partition coefficient (Wildman–Crippen LogP) is 2.97. The highest BCUT2D eigenvalue weighted by Crippen LogP contribution is 2.35. The van der Waals surface area contributed by atoms with Gasteiger partial charge in [0.2, 0.25) is 5.91 Å². The quantitative estimate of drug-likeness (QED) is 0.480. The van der Waals surface area contributed by atoms with Gasteiger partial charge in [0.25, 0.3) is 0 Å². The van der Waals surface area contributed by atoms with E-state index in [2.05, 4.69) is 16.7 Å². The molecule has 0 radical (unpaired) electrons. The Morgan fingerprint density at radius 3 is 2.78 bits per heavy atom. The number of cyclic esters (lactones) is 1. The Morgan fingerprint density at radius 1 is 1.25 bits per heavy atom. The normalized spacial score (nSPS) is 20.3. The molecular weight excluding hydrogens is 410 g/mol. The molecule has 170 valence electrons. The van der Waals surface area contributed by atoms with Crippen LogP contribution in [0.3, 0.4) is 0 Å². The predicted molar refractivity (Wildman–Crippen MR) is 118 cm³/mol. The number of carbonyl (C=O) groups excluding carboxylic acids is 3. The Balaban J connectivity index is 1.44. The van der Waals surface area contributed by atoms with Crippen molar-refractivity contribution in [1.82, 2.24) is 15.5 Å². The lowest BCUT2D eigenvalue weighted by Crippen LogP contribution is -2.50. The fraction of sp³-hybridized carbons (Fsp3) is 0.458. The fourth-order valence-corrected chi connectivity index (χ4v) is 4.35. The lowest BCUT2D eigenvalue weighted by atomic mass is 9.95. The van der Waals surface area contributed by atoms with E-state index in [1.165, 1.54) is 23.3 Å². The van der Waals surface area contributed by atoms with Gasteiger partial charge in [-0.15, -0.1) is 0 Å². The summed E-state index contributed by atoms with van der Waals surface area (Å²) in [6.45, 7) is 2.82. The van der Waals surface area contributed by atoms with Gasteiger partial charge in [0.15, 0.2) is 0 Å². The van der Waals surface area contributed by atoms with Gasteiger partial charge in [-0.05, 0) is 56.7 Å². The topological polar surface area (TPSA) is 97.0 Å². The van der Waals surface area contributed by atoms with Crippen LogP contribution < -0.4 is 15.4 Å². The molecule has 8 nitrogen and oxygen atoms in total. The van der Waals surface area contributed by atoms with Gasteiger partial charge in [0, 0.05) is 6.54 Å². The van der Waals surface area contributed by atoms with Crippen molar-refractivity contribution in [2.45, 2.75) is 45.1 Å². The maximum absolute atomic E-state index is 12.9. The molecule has 8 heteroatoms. The zero-order chi connectivity index (χ0) is 22.5. The lowest BCUT2D eigenvalue weighted by molar-refractivity contribution is -0.136. The molecule has 2 N–H and O–H groups in total. The van der Waals surface area contributed by atoms with Crippen molar-refractivity contribution in [1.29, 1.82) is 0 Å². The van der Waals surface area contributed by atoms with Gasteiger partial charge in [-0.1, -0.05) is 23.8 Å². The Hall–Kier alpha value is -3.29. The number of amides is 3. The molecular formula is C24H29N3O5. The second-order valence-electron chi connectivity index (χ2n) is 8.12. The first kappa shape index (κ1) is 21.9. The average Bonchev–Trinajstić information content (AvgIpc) is 3.18. The molecule has 2 heterocycles. The van der Waals surface area contributed by atoms with Crippen LogP contribution in [0.2, 0.25) is 0 Å². The summed E-state index contributed by atoms with van der Waals surface area (Å²) in [6.07, 6.45) is 7.72. The van der Waals surface area contributed by atoms with Crippen LogP contribution in [0.15, 0.2) is 47.2 Å². The van der Waals surface area contributed by atoms with Crippen molar-refractivity contribution in [2.75, 3.05) is 26.3 Å². The second-order valence-corrected chi connectivity index (χ2v) is 8.12. The van der Waals surface area contributed by atoms with E-state index in [1.54, 1.807) is 12.1 Å². The van der Waals surface area contributed by atoms with Gasteiger partial charge in [-0.25, -0.2) is 9.59 Å². The van der Waals surface area contributed by atoms with Crippen molar-refractivity contribution >= 4 is 17.9 Å². The number of nitrogens with one attached hydrogen (secondary N) is 2. The van der Waals surface area contributed by atoms with E-state index in [4.69, 9.17) is 9.47 Å². The van der Waals surface area contributed by atoms with Gasteiger partial charge in [0.1, 0.15) is 18.9 Å². The molecule has 4 rings (SSSR count). The summed E-state index contributed by atoms with van der Waals surface area (Å²) >= 11 is 0. The molecule has 1 aliphatic carbocycles. The smallest absolute Gasteiger partial charge is 0.338 e. The number of hydrogen-bond donors (Lipinski definition) is 2. The molecule has 1 aromatic carbocycles. The molecule has 3 aliphatic rings. The third-order valence-corrected chi connectivity index (χ3v) is 5.98. The first-order chi connectivity index (χ1) is 15.6. The summed E-state index contributed by atoms with van der Waals surface area (Å²) in [5.41, 5.74) is 2.94. The number of allylic oxidation sites excluding steroid dienone is 1. The van der Waals surface area contributed by atoms with Crippen LogP contribution in [0, 0.1) is 0 Å².